The second-order valence-corrected chi connectivity index (χ2v) is 7.69. The summed E-state index contributed by atoms with van der Waals surface area (Å²) in [7, 11) is 0. The Hall–Kier alpha value is -2.86. The summed E-state index contributed by atoms with van der Waals surface area (Å²) in [4.78, 5) is 29.6. The molecule has 0 saturated heterocycles. The molecule has 0 amide bonds. The number of thioether (sulfide) groups is 1. The lowest BCUT2D eigenvalue weighted by atomic mass is 10.1. The Morgan fingerprint density at radius 2 is 1.89 bits per heavy atom. The summed E-state index contributed by atoms with van der Waals surface area (Å²) >= 11 is 1.47. The Labute approximate surface area is 166 Å². The average molecular weight is 392 g/mol. The van der Waals surface area contributed by atoms with Crippen molar-refractivity contribution in [2.24, 2.45) is 0 Å². The molecule has 0 radical (unpaired) electrons. The molecule has 6 heteroatoms. The Bertz CT molecular complexity index is 1290. The lowest BCUT2D eigenvalue weighted by Crippen LogP contribution is -2.23. The van der Waals surface area contributed by atoms with Gasteiger partial charge in [0, 0.05) is 23.8 Å². The van der Waals surface area contributed by atoms with Crippen LogP contribution in [0.4, 0.5) is 0 Å². The minimum Gasteiger partial charge on any atom is -0.423 e. The number of hydrogen-bond donors (Lipinski definition) is 0. The van der Waals surface area contributed by atoms with Crippen molar-refractivity contribution in [3.63, 3.8) is 0 Å². The molecule has 5 nitrogen and oxygen atoms in total. The van der Waals surface area contributed by atoms with Gasteiger partial charge >= 0.3 is 5.63 Å². The number of nitrogens with zero attached hydrogens (tertiary/aromatic N) is 2. The fourth-order valence-electron chi connectivity index (χ4n) is 3.28. The SMILES string of the molecule is CCCn1c(SCc2cc(=O)oc3cc(C)ccc23)nc2ccccc2c1=O. The van der Waals surface area contributed by atoms with Crippen LogP contribution in [0.5, 0.6) is 0 Å². The molecule has 0 fully saturated rings. The average Bonchev–Trinajstić information content (AvgIpc) is 2.68. The van der Waals surface area contributed by atoms with Crippen LogP contribution < -0.4 is 11.2 Å². The van der Waals surface area contributed by atoms with Gasteiger partial charge in [0.05, 0.1) is 10.9 Å². The molecule has 0 unspecified atom stereocenters. The highest BCUT2D eigenvalue weighted by Crippen LogP contribution is 2.26. The molecule has 2 heterocycles. The molecular formula is C22H20N2O3S. The highest BCUT2D eigenvalue weighted by Gasteiger charge is 2.13. The second-order valence-electron chi connectivity index (χ2n) is 6.75. The molecule has 0 saturated carbocycles. The molecule has 142 valence electrons. The lowest BCUT2D eigenvalue weighted by Gasteiger charge is -2.12. The fraction of sp³-hybridized carbons (Fsp3) is 0.227. The molecule has 28 heavy (non-hydrogen) atoms. The number of hydrogen-bond acceptors (Lipinski definition) is 5. The maximum Gasteiger partial charge on any atom is 0.336 e. The van der Waals surface area contributed by atoms with E-state index in [0.717, 1.165) is 22.9 Å². The van der Waals surface area contributed by atoms with E-state index in [1.807, 2.05) is 56.3 Å². The van der Waals surface area contributed by atoms with E-state index in [-0.39, 0.29) is 11.2 Å². The molecule has 0 N–H and O–H groups in total. The standard InChI is InChI=1S/C22H20N2O3S/c1-3-10-24-21(26)17-6-4-5-7-18(17)23-22(24)28-13-15-12-20(25)27-19-11-14(2)8-9-16(15)19/h4-9,11-12H,3,10,13H2,1-2H3. The van der Waals surface area contributed by atoms with E-state index in [0.29, 0.717) is 33.9 Å². The quantitative estimate of drug-likeness (QED) is 0.284. The lowest BCUT2D eigenvalue weighted by molar-refractivity contribution is 0.559. The van der Waals surface area contributed by atoms with Crippen LogP contribution in [0, 0.1) is 6.92 Å². The van der Waals surface area contributed by atoms with E-state index >= 15 is 0 Å². The first-order valence-electron chi connectivity index (χ1n) is 9.22. The van der Waals surface area contributed by atoms with E-state index in [4.69, 9.17) is 9.40 Å². The van der Waals surface area contributed by atoms with Crippen LogP contribution in [0.2, 0.25) is 0 Å². The van der Waals surface area contributed by atoms with Crippen LogP contribution in [0.25, 0.3) is 21.9 Å². The smallest absolute Gasteiger partial charge is 0.336 e. The predicted molar refractivity (Wildman–Crippen MR) is 113 cm³/mol. The van der Waals surface area contributed by atoms with Crippen LogP contribution in [0.15, 0.2) is 67.7 Å². The number of rotatable bonds is 5. The summed E-state index contributed by atoms with van der Waals surface area (Å²) in [6.45, 7) is 4.60. The van der Waals surface area contributed by atoms with E-state index in [9.17, 15) is 9.59 Å². The first-order valence-corrected chi connectivity index (χ1v) is 10.2. The van der Waals surface area contributed by atoms with Gasteiger partial charge in [0.2, 0.25) is 0 Å². The normalized spacial score (nSPS) is 11.4. The van der Waals surface area contributed by atoms with Crippen LogP contribution >= 0.6 is 11.8 Å². The zero-order valence-electron chi connectivity index (χ0n) is 15.8. The number of para-hydroxylation sites is 1. The second kappa shape index (κ2) is 7.64. The molecule has 2 aromatic carbocycles. The van der Waals surface area contributed by atoms with Gasteiger partial charge in [0.25, 0.3) is 5.56 Å². The van der Waals surface area contributed by atoms with Gasteiger partial charge < -0.3 is 4.42 Å². The van der Waals surface area contributed by atoms with Gasteiger partial charge in [-0.3, -0.25) is 9.36 Å². The van der Waals surface area contributed by atoms with Gasteiger partial charge in [0.1, 0.15) is 5.58 Å². The topological polar surface area (TPSA) is 65.1 Å². The minimum atomic E-state index is -0.369. The molecule has 0 aliphatic carbocycles. The number of aromatic nitrogens is 2. The molecule has 0 aliphatic rings. The number of benzene rings is 2. The molecule has 0 aliphatic heterocycles. The maximum absolute atomic E-state index is 12.9. The van der Waals surface area contributed by atoms with Gasteiger partial charge in [-0.15, -0.1) is 0 Å². The van der Waals surface area contributed by atoms with Gasteiger partial charge in [-0.2, -0.15) is 0 Å². The minimum absolute atomic E-state index is 0.0250. The summed E-state index contributed by atoms with van der Waals surface area (Å²) in [6, 6.07) is 14.8. The van der Waals surface area contributed by atoms with Crippen molar-refractivity contribution in [3.8, 4) is 0 Å². The van der Waals surface area contributed by atoms with E-state index in [1.54, 1.807) is 4.57 Å². The molecule has 4 rings (SSSR count). The molecule has 0 atom stereocenters. The third-order valence-electron chi connectivity index (χ3n) is 4.62. The van der Waals surface area contributed by atoms with Crippen molar-refractivity contribution in [1.82, 2.24) is 9.55 Å². The van der Waals surface area contributed by atoms with Gasteiger partial charge in [-0.25, -0.2) is 9.78 Å². The maximum atomic E-state index is 12.9. The fourth-order valence-corrected chi connectivity index (χ4v) is 4.29. The summed E-state index contributed by atoms with van der Waals surface area (Å²) in [6.07, 6.45) is 0.838. The van der Waals surface area contributed by atoms with Crippen molar-refractivity contribution in [1.29, 1.82) is 0 Å². The zero-order chi connectivity index (χ0) is 19.7. The monoisotopic (exact) mass is 392 g/mol. The van der Waals surface area contributed by atoms with Crippen LogP contribution in [0.1, 0.15) is 24.5 Å². The van der Waals surface area contributed by atoms with Gasteiger partial charge in [0.15, 0.2) is 5.16 Å². The third-order valence-corrected chi connectivity index (χ3v) is 5.64. The Kier molecular flexibility index (Phi) is 5.05. The van der Waals surface area contributed by atoms with E-state index < -0.39 is 0 Å². The first-order chi connectivity index (χ1) is 13.6. The van der Waals surface area contributed by atoms with Crippen molar-refractivity contribution >= 4 is 33.6 Å². The summed E-state index contributed by atoms with van der Waals surface area (Å²) < 4.78 is 7.07. The van der Waals surface area contributed by atoms with Crippen molar-refractivity contribution in [3.05, 3.63) is 80.4 Å². The van der Waals surface area contributed by atoms with Crippen molar-refractivity contribution in [2.45, 2.75) is 37.7 Å². The summed E-state index contributed by atoms with van der Waals surface area (Å²) in [5, 5.41) is 2.20. The van der Waals surface area contributed by atoms with Crippen LogP contribution in [-0.4, -0.2) is 9.55 Å². The molecule has 0 spiro atoms. The van der Waals surface area contributed by atoms with Crippen LogP contribution in [-0.2, 0) is 12.3 Å². The van der Waals surface area contributed by atoms with Gasteiger partial charge in [-0.1, -0.05) is 43.0 Å². The number of aryl methyl sites for hydroxylation is 1. The van der Waals surface area contributed by atoms with E-state index in [1.165, 1.54) is 17.8 Å². The summed E-state index contributed by atoms with van der Waals surface area (Å²) in [5.41, 5.74) is 2.79. The first kappa shape index (κ1) is 18.5. The Balaban J connectivity index is 1.77. The Morgan fingerprint density at radius 3 is 2.71 bits per heavy atom. The highest BCUT2D eigenvalue weighted by molar-refractivity contribution is 7.98. The van der Waals surface area contributed by atoms with E-state index in [2.05, 4.69) is 0 Å². The van der Waals surface area contributed by atoms with Crippen molar-refractivity contribution in [2.75, 3.05) is 0 Å². The Morgan fingerprint density at radius 1 is 1.07 bits per heavy atom. The van der Waals surface area contributed by atoms with Crippen LogP contribution in [0.3, 0.4) is 0 Å². The largest absolute Gasteiger partial charge is 0.423 e. The summed E-state index contributed by atoms with van der Waals surface area (Å²) in [5.74, 6) is 0.527. The highest BCUT2D eigenvalue weighted by atomic mass is 32.2. The number of fused-ring (bicyclic) bond motifs is 2. The van der Waals surface area contributed by atoms with Gasteiger partial charge in [-0.05, 0) is 42.7 Å². The zero-order valence-corrected chi connectivity index (χ0v) is 16.6. The predicted octanol–water partition coefficient (Wildman–Crippen LogP) is 4.51. The third kappa shape index (κ3) is 3.47. The van der Waals surface area contributed by atoms with Crippen molar-refractivity contribution < 1.29 is 4.42 Å². The molecule has 2 aromatic heterocycles. The molecule has 4 aromatic rings. The molecular weight excluding hydrogens is 372 g/mol. The molecule has 0 bridgehead atoms.